The average Bonchev–Trinajstić information content (AvgIpc) is 3.32. The molecule has 1 atom stereocenters. The van der Waals surface area contributed by atoms with E-state index >= 15 is 0 Å². The van der Waals surface area contributed by atoms with Crippen LogP contribution in [0, 0.1) is 6.92 Å². The first-order chi connectivity index (χ1) is 13.6. The Kier molecular flexibility index (Phi) is 5.38. The minimum absolute atomic E-state index is 0.0966. The zero-order valence-corrected chi connectivity index (χ0v) is 16.2. The highest BCUT2D eigenvalue weighted by Crippen LogP contribution is 2.35. The molecule has 0 aliphatic heterocycles. The molecule has 0 spiro atoms. The van der Waals surface area contributed by atoms with Crippen molar-refractivity contribution in [2.75, 3.05) is 6.61 Å². The lowest BCUT2D eigenvalue weighted by Gasteiger charge is -2.12. The number of benzene rings is 1. The monoisotopic (exact) mass is 396 g/mol. The smallest absolute Gasteiger partial charge is 0.262 e. The molecule has 1 aromatic carbocycles. The number of nitrogens with zero attached hydrogens (tertiary/aromatic N) is 2. The second-order valence-corrected chi connectivity index (χ2v) is 7.73. The molecule has 4 rings (SSSR count). The Hall–Kier alpha value is -2.74. The van der Waals surface area contributed by atoms with Crippen molar-refractivity contribution in [3.63, 3.8) is 0 Å². The van der Waals surface area contributed by atoms with E-state index in [4.69, 9.17) is 9.15 Å². The van der Waals surface area contributed by atoms with Gasteiger partial charge in [0.25, 0.3) is 5.56 Å². The van der Waals surface area contributed by atoms with Gasteiger partial charge in [0, 0.05) is 10.4 Å². The molecular formula is C21H20N2O4S. The summed E-state index contributed by atoms with van der Waals surface area (Å²) in [7, 11) is 0. The second kappa shape index (κ2) is 8.10. The number of furan rings is 1. The summed E-state index contributed by atoms with van der Waals surface area (Å²) in [6.07, 6.45) is 2.24. The predicted molar refractivity (Wildman–Crippen MR) is 108 cm³/mol. The van der Waals surface area contributed by atoms with Crippen molar-refractivity contribution < 1.29 is 14.3 Å². The van der Waals surface area contributed by atoms with Crippen LogP contribution in [0.15, 0.2) is 64.3 Å². The molecule has 1 unspecified atom stereocenters. The lowest BCUT2D eigenvalue weighted by Crippen LogP contribution is -2.29. The van der Waals surface area contributed by atoms with Crippen LogP contribution in [0.4, 0.5) is 0 Å². The van der Waals surface area contributed by atoms with Crippen molar-refractivity contribution in [3.8, 4) is 11.1 Å². The minimum atomic E-state index is -0.827. The van der Waals surface area contributed by atoms with Crippen LogP contribution in [0.25, 0.3) is 21.3 Å². The third kappa shape index (κ3) is 3.77. The number of aromatic nitrogens is 2. The number of hydrogen-bond acceptors (Lipinski definition) is 6. The minimum Gasteiger partial charge on any atom is -0.467 e. The summed E-state index contributed by atoms with van der Waals surface area (Å²) in [6.45, 7) is 2.48. The van der Waals surface area contributed by atoms with Gasteiger partial charge in [-0.15, -0.1) is 11.3 Å². The lowest BCUT2D eigenvalue weighted by atomic mass is 10.0. The maximum atomic E-state index is 13.1. The van der Waals surface area contributed by atoms with E-state index in [-0.39, 0.29) is 25.3 Å². The molecule has 7 heteroatoms. The summed E-state index contributed by atoms with van der Waals surface area (Å²) in [6, 6.07) is 13.4. The van der Waals surface area contributed by atoms with E-state index in [1.807, 2.05) is 37.3 Å². The van der Waals surface area contributed by atoms with Gasteiger partial charge in [0.1, 0.15) is 17.2 Å². The number of aliphatic hydroxyl groups is 1. The van der Waals surface area contributed by atoms with Gasteiger partial charge < -0.3 is 14.3 Å². The molecular weight excluding hydrogens is 376 g/mol. The van der Waals surface area contributed by atoms with E-state index in [9.17, 15) is 9.90 Å². The van der Waals surface area contributed by atoms with Crippen molar-refractivity contribution in [1.82, 2.24) is 9.55 Å². The van der Waals surface area contributed by atoms with Crippen molar-refractivity contribution in [3.05, 3.63) is 76.0 Å². The first kappa shape index (κ1) is 18.6. The zero-order valence-electron chi connectivity index (χ0n) is 15.4. The first-order valence-corrected chi connectivity index (χ1v) is 9.77. The van der Waals surface area contributed by atoms with E-state index in [0.717, 1.165) is 16.0 Å². The SMILES string of the molecule is Cc1sc2ncn(CC(O)COCc3ccco3)c(=O)c2c1-c1ccccc1. The Balaban J connectivity index is 1.56. The Bertz CT molecular complexity index is 1120. The Morgan fingerprint density at radius 3 is 2.82 bits per heavy atom. The molecule has 3 heterocycles. The van der Waals surface area contributed by atoms with Gasteiger partial charge in [-0.1, -0.05) is 30.3 Å². The quantitative estimate of drug-likeness (QED) is 0.516. The van der Waals surface area contributed by atoms with Gasteiger partial charge in [0.15, 0.2) is 0 Å². The molecule has 0 bridgehead atoms. The largest absolute Gasteiger partial charge is 0.467 e. The second-order valence-electron chi connectivity index (χ2n) is 6.53. The molecule has 6 nitrogen and oxygen atoms in total. The first-order valence-electron chi connectivity index (χ1n) is 8.95. The Labute approximate surface area is 165 Å². The number of aliphatic hydroxyl groups excluding tert-OH is 1. The molecule has 0 radical (unpaired) electrons. The molecule has 0 amide bonds. The normalized spacial score (nSPS) is 12.5. The maximum absolute atomic E-state index is 13.1. The summed E-state index contributed by atoms with van der Waals surface area (Å²) in [5.41, 5.74) is 1.75. The van der Waals surface area contributed by atoms with Gasteiger partial charge >= 0.3 is 0 Å². The summed E-state index contributed by atoms with van der Waals surface area (Å²) in [4.78, 5) is 19.3. The third-order valence-electron chi connectivity index (χ3n) is 4.46. The van der Waals surface area contributed by atoms with Crippen molar-refractivity contribution >= 4 is 21.6 Å². The van der Waals surface area contributed by atoms with Crippen LogP contribution in [-0.4, -0.2) is 27.4 Å². The number of ether oxygens (including phenoxy) is 1. The lowest BCUT2D eigenvalue weighted by molar-refractivity contribution is 0.0142. The van der Waals surface area contributed by atoms with Crippen LogP contribution in [-0.2, 0) is 17.9 Å². The van der Waals surface area contributed by atoms with Gasteiger partial charge in [-0.05, 0) is 24.6 Å². The Morgan fingerprint density at radius 1 is 1.25 bits per heavy atom. The van der Waals surface area contributed by atoms with Crippen LogP contribution in [0.1, 0.15) is 10.6 Å². The highest BCUT2D eigenvalue weighted by Gasteiger charge is 2.18. The van der Waals surface area contributed by atoms with Crippen LogP contribution in [0.3, 0.4) is 0 Å². The van der Waals surface area contributed by atoms with E-state index in [1.165, 1.54) is 22.2 Å². The molecule has 0 aliphatic carbocycles. The maximum Gasteiger partial charge on any atom is 0.262 e. The van der Waals surface area contributed by atoms with Crippen molar-refractivity contribution in [2.45, 2.75) is 26.2 Å². The van der Waals surface area contributed by atoms with Crippen LogP contribution in [0.5, 0.6) is 0 Å². The number of thiophene rings is 1. The number of fused-ring (bicyclic) bond motifs is 1. The van der Waals surface area contributed by atoms with Gasteiger partial charge in [-0.3, -0.25) is 9.36 Å². The van der Waals surface area contributed by atoms with Gasteiger partial charge in [-0.25, -0.2) is 4.98 Å². The standard InChI is InChI=1S/C21H20N2O4S/c1-14-18(15-6-3-2-4-7-15)19-20(28-14)22-13-23(21(19)25)10-16(24)11-26-12-17-8-5-9-27-17/h2-9,13,16,24H,10-12H2,1H3. The fraction of sp³-hybridized carbons (Fsp3) is 0.238. The molecule has 28 heavy (non-hydrogen) atoms. The van der Waals surface area contributed by atoms with E-state index in [1.54, 1.807) is 18.4 Å². The highest BCUT2D eigenvalue weighted by atomic mass is 32.1. The van der Waals surface area contributed by atoms with Crippen molar-refractivity contribution in [2.24, 2.45) is 0 Å². The van der Waals surface area contributed by atoms with Gasteiger partial charge in [0.2, 0.25) is 0 Å². The average molecular weight is 396 g/mol. The molecule has 0 saturated heterocycles. The molecule has 1 N–H and O–H groups in total. The molecule has 144 valence electrons. The topological polar surface area (TPSA) is 77.5 Å². The van der Waals surface area contributed by atoms with Gasteiger partial charge in [0.05, 0.1) is 37.2 Å². The predicted octanol–water partition coefficient (Wildman–Crippen LogP) is 3.60. The molecule has 0 saturated carbocycles. The third-order valence-corrected chi connectivity index (χ3v) is 5.47. The van der Waals surface area contributed by atoms with Crippen LogP contribution in [0.2, 0.25) is 0 Å². The Morgan fingerprint density at radius 2 is 2.07 bits per heavy atom. The molecule has 3 aromatic heterocycles. The highest BCUT2D eigenvalue weighted by molar-refractivity contribution is 7.19. The molecule has 4 aromatic rings. The fourth-order valence-corrected chi connectivity index (χ4v) is 4.19. The fourth-order valence-electron chi connectivity index (χ4n) is 3.19. The molecule has 0 fully saturated rings. The van der Waals surface area contributed by atoms with E-state index in [2.05, 4.69) is 4.98 Å². The van der Waals surface area contributed by atoms with E-state index in [0.29, 0.717) is 16.0 Å². The number of aryl methyl sites for hydroxylation is 1. The van der Waals surface area contributed by atoms with Gasteiger partial charge in [-0.2, -0.15) is 0 Å². The summed E-state index contributed by atoms with van der Waals surface area (Å²) in [5.74, 6) is 0.689. The van der Waals surface area contributed by atoms with Crippen LogP contribution < -0.4 is 5.56 Å². The van der Waals surface area contributed by atoms with Crippen molar-refractivity contribution in [1.29, 1.82) is 0 Å². The van der Waals surface area contributed by atoms with E-state index < -0.39 is 6.10 Å². The summed E-state index contributed by atoms with van der Waals surface area (Å²) < 4.78 is 12.1. The number of hydrogen-bond donors (Lipinski definition) is 1. The zero-order chi connectivity index (χ0) is 19.5. The summed E-state index contributed by atoms with van der Waals surface area (Å²) >= 11 is 1.51. The van der Waals surface area contributed by atoms with Crippen LogP contribution >= 0.6 is 11.3 Å². The summed E-state index contributed by atoms with van der Waals surface area (Å²) in [5, 5.41) is 10.9. The number of rotatable bonds is 7. The molecule has 0 aliphatic rings.